The number of hydrogen-bond donors (Lipinski definition) is 1. The largest absolute Gasteiger partial charge is 0.364 e. The SMILES string of the molecule is CCCNc1ncnc(-c2ccnn2CCC)c1[N+](=O)[O-]. The fraction of sp³-hybridized carbons (Fsp3) is 0.462. The first kappa shape index (κ1) is 14.9. The van der Waals surface area contributed by atoms with Gasteiger partial charge in [0.25, 0.3) is 0 Å². The van der Waals surface area contributed by atoms with E-state index >= 15 is 0 Å². The van der Waals surface area contributed by atoms with E-state index in [1.165, 1.54) is 6.33 Å². The molecular formula is C13H18N6O2. The van der Waals surface area contributed by atoms with Gasteiger partial charge in [-0.2, -0.15) is 5.10 Å². The first-order chi connectivity index (χ1) is 10.2. The van der Waals surface area contributed by atoms with Gasteiger partial charge in [0.05, 0.1) is 10.6 Å². The van der Waals surface area contributed by atoms with Crippen molar-refractivity contribution in [2.75, 3.05) is 11.9 Å². The minimum atomic E-state index is -0.448. The highest BCUT2D eigenvalue weighted by Gasteiger charge is 2.25. The summed E-state index contributed by atoms with van der Waals surface area (Å²) < 4.78 is 1.72. The summed E-state index contributed by atoms with van der Waals surface area (Å²) in [6.07, 6.45) is 4.69. The molecule has 1 N–H and O–H groups in total. The second kappa shape index (κ2) is 6.78. The maximum Gasteiger partial charge on any atom is 0.338 e. The lowest BCUT2D eigenvalue weighted by Gasteiger charge is -2.09. The molecule has 0 aliphatic carbocycles. The van der Waals surface area contributed by atoms with E-state index in [-0.39, 0.29) is 11.5 Å². The van der Waals surface area contributed by atoms with Crippen LogP contribution in [0.15, 0.2) is 18.6 Å². The molecular weight excluding hydrogens is 272 g/mol. The predicted molar refractivity (Wildman–Crippen MR) is 79.0 cm³/mol. The first-order valence-corrected chi connectivity index (χ1v) is 6.94. The third kappa shape index (κ3) is 3.15. The second-order valence-electron chi connectivity index (χ2n) is 4.54. The van der Waals surface area contributed by atoms with E-state index in [1.807, 2.05) is 13.8 Å². The Labute approximate surface area is 122 Å². The van der Waals surface area contributed by atoms with Crippen molar-refractivity contribution in [3.8, 4) is 11.4 Å². The summed E-state index contributed by atoms with van der Waals surface area (Å²) in [5.74, 6) is 0.246. The van der Waals surface area contributed by atoms with Crippen molar-refractivity contribution >= 4 is 11.5 Å². The quantitative estimate of drug-likeness (QED) is 0.621. The van der Waals surface area contributed by atoms with E-state index in [1.54, 1.807) is 16.9 Å². The average Bonchev–Trinajstić information content (AvgIpc) is 2.93. The zero-order chi connectivity index (χ0) is 15.2. The summed E-state index contributed by atoms with van der Waals surface area (Å²) in [6, 6.07) is 1.73. The van der Waals surface area contributed by atoms with Gasteiger partial charge in [-0.25, -0.2) is 9.97 Å². The molecule has 0 atom stereocenters. The zero-order valence-corrected chi connectivity index (χ0v) is 12.1. The van der Waals surface area contributed by atoms with Gasteiger partial charge in [-0.1, -0.05) is 13.8 Å². The van der Waals surface area contributed by atoms with Crippen molar-refractivity contribution in [3.05, 3.63) is 28.7 Å². The van der Waals surface area contributed by atoms with Crippen LogP contribution in [0.5, 0.6) is 0 Å². The Morgan fingerprint density at radius 2 is 2.14 bits per heavy atom. The van der Waals surface area contributed by atoms with E-state index in [0.717, 1.165) is 12.8 Å². The topological polar surface area (TPSA) is 98.8 Å². The summed E-state index contributed by atoms with van der Waals surface area (Å²) in [5.41, 5.74) is 0.814. The third-order valence-corrected chi connectivity index (χ3v) is 2.94. The first-order valence-electron chi connectivity index (χ1n) is 6.94. The summed E-state index contributed by atoms with van der Waals surface area (Å²) in [6.45, 7) is 5.30. The van der Waals surface area contributed by atoms with Crippen LogP contribution >= 0.6 is 0 Å². The lowest BCUT2D eigenvalue weighted by atomic mass is 10.2. The molecule has 0 saturated carbocycles. The zero-order valence-electron chi connectivity index (χ0n) is 12.1. The number of aryl methyl sites for hydroxylation is 1. The maximum atomic E-state index is 11.4. The van der Waals surface area contributed by atoms with Crippen molar-refractivity contribution in [3.63, 3.8) is 0 Å². The smallest absolute Gasteiger partial charge is 0.338 e. The molecule has 0 fully saturated rings. The number of anilines is 1. The second-order valence-corrected chi connectivity index (χ2v) is 4.54. The summed E-state index contributed by atoms with van der Waals surface area (Å²) in [4.78, 5) is 19.1. The molecule has 0 aliphatic heterocycles. The van der Waals surface area contributed by atoms with Gasteiger partial charge in [-0.3, -0.25) is 14.8 Å². The minimum Gasteiger partial charge on any atom is -0.364 e. The Morgan fingerprint density at radius 1 is 1.33 bits per heavy atom. The standard InChI is InChI=1S/C13H18N6O2/c1-3-6-14-13-12(19(20)21)11(15-9-16-13)10-5-7-17-18(10)8-4-2/h5,7,9H,3-4,6,8H2,1-2H3,(H,14,15,16). The van der Waals surface area contributed by atoms with E-state index < -0.39 is 4.92 Å². The van der Waals surface area contributed by atoms with Gasteiger partial charge >= 0.3 is 5.69 Å². The maximum absolute atomic E-state index is 11.4. The van der Waals surface area contributed by atoms with Gasteiger partial charge in [0, 0.05) is 19.3 Å². The van der Waals surface area contributed by atoms with Gasteiger partial charge in [-0.15, -0.1) is 0 Å². The Hall–Kier alpha value is -2.51. The monoisotopic (exact) mass is 290 g/mol. The Balaban J connectivity index is 2.52. The number of hydrogen-bond acceptors (Lipinski definition) is 6. The minimum absolute atomic E-state index is 0.108. The van der Waals surface area contributed by atoms with Crippen molar-refractivity contribution in [2.24, 2.45) is 0 Å². The lowest BCUT2D eigenvalue weighted by Crippen LogP contribution is -2.09. The fourth-order valence-corrected chi connectivity index (χ4v) is 2.04. The number of nitrogens with one attached hydrogen (secondary N) is 1. The molecule has 112 valence electrons. The van der Waals surface area contributed by atoms with E-state index in [2.05, 4.69) is 20.4 Å². The van der Waals surface area contributed by atoms with Crippen molar-refractivity contribution < 1.29 is 4.92 Å². The van der Waals surface area contributed by atoms with Crippen molar-refractivity contribution in [2.45, 2.75) is 33.2 Å². The van der Waals surface area contributed by atoms with Crippen molar-refractivity contribution in [1.82, 2.24) is 19.7 Å². The molecule has 0 radical (unpaired) electrons. The Bertz CT molecular complexity index is 625. The highest BCUT2D eigenvalue weighted by Crippen LogP contribution is 2.32. The number of nitrogens with zero attached hydrogens (tertiary/aromatic N) is 5. The van der Waals surface area contributed by atoms with Gasteiger partial charge in [0.1, 0.15) is 6.33 Å². The van der Waals surface area contributed by atoms with E-state index in [9.17, 15) is 10.1 Å². The van der Waals surface area contributed by atoms with Crippen molar-refractivity contribution in [1.29, 1.82) is 0 Å². The van der Waals surface area contributed by atoms with Crippen LogP contribution in [0.4, 0.5) is 11.5 Å². The summed E-state index contributed by atoms with van der Waals surface area (Å²) >= 11 is 0. The molecule has 0 spiro atoms. The normalized spacial score (nSPS) is 10.6. The molecule has 0 aromatic carbocycles. The molecule has 8 nitrogen and oxygen atoms in total. The molecule has 0 aliphatic rings. The average molecular weight is 290 g/mol. The number of nitro groups is 1. The molecule has 0 saturated heterocycles. The van der Waals surface area contributed by atoms with Gasteiger partial charge in [-0.05, 0) is 18.9 Å². The van der Waals surface area contributed by atoms with Gasteiger partial charge < -0.3 is 5.32 Å². The van der Waals surface area contributed by atoms with E-state index in [0.29, 0.717) is 24.5 Å². The molecule has 2 aromatic rings. The van der Waals surface area contributed by atoms with Gasteiger partial charge in [0.2, 0.25) is 5.82 Å². The molecule has 2 aromatic heterocycles. The number of aromatic nitrogens is 4. The molecule has 0 bridgehead atoms. The van der Waals surface area contributed by atoms with Crippen LogP contribution in [0.25, 0.3) is 11.4 Å². The molecule has 2 rings (SSSR count). The van der Waals surface area contributed by atoms with Crippen LogP contribution < -0.4 is 5.32 Å². The van der Waals surface area contributed by atoms with Crippen LogP contribution in [-0.2, 0) is 6.54 Å². The highest BCUT2D eigenvalue weighted by atomic mass is 16.6. The molecule has 0 unspecified atom stereocenters. The number of rotatable bonds is 7. The molecule has 0 amide bonds. The Kier molecular flexibility index (Phi) is 4.81. The fourth-order valence-electron chi connectivity index (χ4n) is 2.04. The summed E-state index contributed by atoms with van der Waals surface area (Å²) in [5, 5.41) is 18.6. The third-order valence-electron chi connectivity index (χ3n) is 2.94. The molecule has 8 heteroatoms. The Morgan fingerprint density at radius 3 is 2.81 bits per heavy atom. The van der Waals surface area contributed by atoms with Crippen LogP contribution in [0.1, 0.15) is 26.7 Å². The van der Waals surface area contributed by atoms with E-state index in [4.69, 9.17) is 0 Å². The van der Waals surface area contributed by atoms with Crippen LogP contribution in [-0.4, -0.2) is 31.2 Å². The molecule has 21 heavy (non-hydrogen) atoms. The summed E-state index contributed by atoms with van der Waals surface area (Å²) in [7, 11) is 0. The predicted octanol–water partition coefficient (Wildman–Crippen LogP) is 2.48. The van der Waals surface area contributed by atoms with Crippen LogP contribution in [0.3, 0.4) is 0 Å². The van der Waals surface area contributed by atoms with Gasteiger partial charge in [0.15, 0.2) is 5.69 Å². The van der Waals surface area contributed by atoms with Crippen LogP contribution in [0, 0.1) is 10.1 Å². The molecule has 2 heterocycles. The highest BCUT2D eigenvalue weighted by molar-refractivity contribution is 5.74. The lowest BCUT2D eigenvalue weighted by molar-refractivity contribution is -0.383. The van der Waals surface area contributed by atoms with Crippen LogP contribution in [0.2, 0.25) is 0 Å².